The van der Waals surface area contributed by atoms with E-state index in [0.717, 1.165) is 5.56 Å². The van der Waals surface area contributed by atoms with E-state index < -0.39 is 18.0 Å². The molecule has 1 rings (SSSR count). The van der Waals surface area contributed by atoms with Gasteiger partial charge in [0, 0.05) is 57.3 Å². The summed E-state index contributed by atoms with van der Waals surface area (Å²) in [4.78, 5) is 59.0. The normalized spacial score (nSPS) is 11.8. The van der Waals surface area contributed by atoms with E-state index in [0.29, 0.717) is 18.5 Å². The zero-order chi connectivity index (χ0) is 25.7. The van der Waals surface area contributed by atoms with Crippen molar-refractivity contribution in [3.8, 4) is 0 Å². The number of nitrogens with one attached hydrogen (secondary N) is 3. The molecule has 2 atom stereocenters. The third kappa shape index (κ3) is 13.7. The molecule has 0 unspecified atom stereocenters. The smallest absolute Gasteiger partial charge is 0.312 e. The van der Waals surface area contributed by atoms with Crippen molar-refractivity contribution in [3.05, 3.63) is 37.3 Å². The average molecular weight is 580 g/mol. The van der Waals surface area contributed by atoms with Gasteiger partial charge in [0.05, 0.1) is 12.0 Å². The van der Waals surface area contributed by atoms with Crippen LogP contribution >= 0.6 is 0 Å². The van der Waals surface area contributed by atoms with E-state index >= 15 is 0 Å². The second kappa shape index (κ2) is 18.9. The van der Waals surface area contributed by atoms with Crippen molar-refractivity contribution < 1.29 is 61.4 Å². The molecule has 5 N–H and O–H groups in total. The van der Waals surface area contributed by atoms with Gasteiger partial charge in [-0.25, -0.2) is 4.79 Å². The number of primary amides is 1. The number of Topliss-reactive ketones (excluding diaryl/α,β-unsaturated/α-hetero) is 1. The van der Waals surface area contributed by atoms with Crippen molar-refractivity contribution >= 4 is 35.8 Å². The predicted octanol–water partition coefficient (Wildman–Crippen LogP) is 2.48. The van der Waals surface area contributed by atoms with Crippen molar-refractivity contribution in [1.29, 1.82) is 0 Å². The Kier molecular flexibility index (Phi) is 18.8. The number of rotatable bonds is 15. The Labute approximate surface area is 239 Å². The molecule has 0 aliphatic carbocycles. The monoisotopic (exact) mass is 579 g/mol. The summed E-state index contributed by atoms with van der Waals surface area (Å²) in [5.41, 5.74) is 6.36. The van der Waals surface area contributed by atoms with E-state index in [-0.39, 0.29) is 89.2 Å². The van der Waals surface area contributed by atoms with Gasteiger partial charge in [0.15, 0.2) is 5.78 Å². The van der Waals surface area contributed by atoms with Crippen LogP contribution in [0.15, 0.2) is 24.3 Å². The largest absolute Gasteiger partial charge is 0.521 e. The molecule has 0 bridgehead atoms. The van der Waals surface area contributed by atoms with Crippen LogP contribution in [0.1, 0.15) is 52.5 Å². The number of anilines is 1. The molecule has 10 nitrogen and oxygen atoms in total. The summed E-state index contributed by atoms with van der Waals surface area (Å²) in [7, 11) is 0. The SMILES string of the molecule is CC(C)C(=O)OCc1ccc(NC(=O)[C@H](CCCNC(N)=O)CC(=O)[C@@H](N[C-]=O)C(C)C)cc1.[CH3-].[Y]. The van der Waals surface area contributed by atoms with Crippen LogP contribution in [-0.4, -0.2) is 42.7 Å². The van der Waals surface area contributed by atoms with Gasteiger partial charge in [-0.15, -0.1) is 0 Å². The van der Waals surface area contributed by atoms with Crippen LogP contribution in [0.2, 0.25) is 0 Å². The minimum absolute atomic E-state index is 0. The van der Waals surface area contributed by atoms with Crippen LogP contribution in [0.3, 0.4) is 0 Å². The Balaban J connectivity index is 0. The molecule has 0 saturated carbocycles. The first-order valence-electron chi connectivity index (χ1n) is 11.3. The number of nitrogens with two attached hydrogens (primary N) is 1. The molecular weight excluding hydrogens is 541 g/mol. The topological polar surface area (TPSA) is 157 Å². The first kappa shape index (κ1) is 35.8. The molecule has 4 amide bonds. The zero-order valence-corrected chi connectivity index (χ0v) is 24.6. The van der Waals surface area contributed by atoms with Gasteiger partial charge in [-0.1, -0.05) is 39.8 Å². The van der Waals surface area contributed by atoms with Crippen LogP contribution in [0, 0.1) is 25.2 Å². The van der Waals surface area contributed by atoms with E-state index in [4.69, 9.17) is 10.5 Å². The first-order valence-corrected chi connectivity index (χ1v) is 11.3. The number of carbonyl (C=O) groups excluding carboxylic acids is 5. The minimum Gasteiger partial charge on any atom is -0.521 e. The number of benzene rings is 1. The zero-order valence-electron chi connectivity index (χ0n) is 21.8. The van der Waals surface area contributed by atoms with E-state index in [2.05, 4.69) is 16.0 Å². The van der Waals surface area contributed by atoms with Crippen LogP contribution in [0.5, 0.6) is 0 Å². The number of hydrogen-bond acceptors (Lipinski definition) is 6. The van der Waals surface area contributed by atoms with Gasteiger partial charge in [-0.05, 0) is 36.5 Å². The molecule has 0 fully saturated rings. The van der Waals surface area contributed by atoms with Gasteiger partial charge >= 0.3 is 12.0 Å². The van der Waals surface area contributed by atoms with Crippen molar-refractivity contribution in [2.24, 2.45) is 23.5 Å². The van der Waals surface area contributed by atoms with E-state index in [1.165, 1.54) is 0 Å². The Morgan fingerprint density at radius 1 is 1.06 bits per heavy atom. The quantitative estimate of drug-likeness (QED) is 0.108. The second-order valence-electron chi connectivity index (χ2n) is 8.72. The molecule has 0 aromatic heterocycles. The van der Waals surface area contributed by atoms with Crippen molar-refractivity contribution in [1.82, 2.24) is 10.6 Å². The van der Waals surface area contributed by atoms with E-state index in [9.17, 15) is 24.0 Å². The molecule has 199 valence electrons. The fourth-order valence-corrected chi connectivity index (χ4v) is 3.19. The number of carbonyl (C=O) groups is 4. The third-order valence-corrected chi connectivity index (χ3v) is 5.15. The maximum Gasteiger partial charge on any atom is 0.312 e. The standard InChI is InChI=1S/C24H35N4O6.CH3.Y/c1-15(2)21(27-14-29)20(30)12-18(6-5-11-26-24(25)33)22(31)28-19-9-7-17(8-10-19)13-34-23(32)16(3)4;;/h7-10,15-16,18,21H,5-6,11-13H2,1-4H3,(H,27,29)(H,28,31)(H3,25,26,33);1H3;/q2*-1;/t18-,21+;;/m1../s1. The third-order valence-electron chi connectivity index (χ3n) is 5.15. The molecule has 1 aromatic carbocycles. The first-order chi connectivity index (χ1) is 16.0. The van der Waals surface area contributed by atoms with Crippen LogP contribution in [0.25, 0.3) is 0 Å². The summed E-state index contributed by atoms with van der Waals surface area (Å²) >= 11 is 0. The van der Waals surface area contributed by atoms with Gasteiger partial charge in [0.1, 0.15) is 6.61 Å². The van der Waals surface area contributed by atoms with Crippen molar-refractivity contribution in [2.45, 2.75) is 59.6 Å². The molecule has 1 aromatic rings. The summed E-state index contributed by atoms with van der Waals surface area (Å²) < 4.78 is 5.19. The number of hydrogen-bond donors (Lipinski definition) is 4. The van der Waals surface area contributed by atoms with Crippen LogP contribution < -0.4 is 21.7 Å². The molecule has 0 saturated heterocycles. The summed E-state index contributed by atoms with van der Waals surface area (Å²) in [6, 6.07) is 5.43. The second-order valence-corrected chi connectivity index (χ2v) is 8.72. The van der Waals surface area contributed by atoms with Gasteiger partial charge in [-0.3, -0.25) is 14.4 Å². The maximum absolute atomic E-state index is 13.0. The summed E-state index contributed by atoms with van der Waals surface area (Å²) in [5, 5.41) is 7.65. The molecule has 0 heterocycles. The fourth-order valence-electron chi connectivity index (χ4n) is 3.19. The average Bonchev–Trinajstić information content (AvgIpc) is 2.77. The summed E-state index contributed by atoms with van der Waals surface area (Å²) in [6.45, 7) is 7.49. The van der Waals surface area contributed by atoms with Gasteiger partial charge < -0.3 is 38.6 Å². The Morgan fingerprint density at radius 3 is 2.17 bits per heavy atom. The molecule has 11 heteroatoms. The maximum atomic E-state index is 13.0. The minimum atomic E-state index is -0.746. The fraction of sp³-hybridized carbons (Fsp3) is 0.520. The molecule has 0 aliphatic rings. The Bertz CT molecular complexity index is 845. The van der Waals surface area contributed by atoms with E-state index in [1.54, 1.807) is 58.4 Å². The van der Waals surface area contributed by atoms with Crippen LogP contribution in [-0.2, 0) is 63.2 Å². The number of amides is 4. The van der Waals surface area contributed by atoms with Crippen LogP contribution in [0.4, 0.5) is 10.5 Å². The number of ether oxygens (including phenoxy) is 1. The molecular formula is C25H38N4O6Y-2. The van der Waals surface area contributed by atoms with Gasteiger partial charge in [0.25, 0.3) is 0 Å². The summed E-state index contributed by atoms with van der Waals surface area (Å²) in [6.07, 6.45) is 2.24. The number of urea groups is 1. The molecule has 0 spiro atoms. The Hall–Kier alpha value is -2.33. The predicted molar refractivity (Wildman–Crippen MR) is 134 cm³/mol. The molecule has 36 heavy (non-hydrogen) atoms. The number of ketones is 1. The molecule has 0 aliphatic heterocycles. The Morgan fingerprint density at radius 2 is 1.67 bits per heavy atom. The summed E-state index contributed by atoms with van der Waals surface area (Å²) in [5.74, 6) is -1.98. The number of esters is 1. The van der Waals surface area contributed by atoms with Gasteiger partial charge in [0.2, 0.25) is 5.91 Å². The van der Waals surface area contributed by atoms with Crippen molar-refractivity contribution in [2.75, 3.05) is 11.9 Å². The van der Waals surface area contributed by atoms with E-state index in [1.807, 2.05) is 0 Å². The van der Waals surface area contributed by atoms with Gasteiger partial charge in [-0.2, -0.15) is 6.41 Å². The molecule has 1 radical (unpaired) electrons. The van der Waals surface area contributed by atoms with Crippen molar-refractivity contribution in [3.63, 3.8) is 0 Å².